The minimum Gasteiger partial charge on any atom is -0.486 e. The first-order valence-corrected chi connectivity index (χ1v) is 7.25. The summed E-state index contributed by atoms with van der Waals surface area (Å²) in [7, 11) is 0. The number of carbonyl (C=O) groups excluding carboxylic acids is 1. The van der Waals surface area contributed by atoms with Crippen molar-refractivity contribution in [3.63, 3.8) is 0 Å². The minimum atomic E-state index is -0.493. The number of hydrogen-bond acceptors (Lipinski definition) is 4. The molecule has 5 nitrogen and oxygen atoms in total. The SMILES string of the molecule is O=C(COc1ccccc1F)NCc1ccc2c(c1)OCCO2. The summed E-state index contributed by atoms with van der Waals surface area (Å²) in [6.45, 7) is 1.14. The summed E-state index contributed by atoms with van der Waals surface area (Å²) in [5.41, 5.74) is 0.883. The van der Waals surface area contributed by atoms with E-state index in [1.807, 2.05) is 18.2 Å². The maximum Gasteiger partial charge on any atom is 0.258 e. The predicted octanol–water partition coefficient (Wildman–Crippen LogP) is 2.29. The van der Waals surface area contributed by atoms with Crippen molar-refractivity contribution in [2.45, 2.75) is 6.54 Å². The average molecular weight is 317 g/mol. The van der Waals surface area contributed by atoms with Crippen molar-refractivity contribution < 1.29 is 23.4 Å². The summed E-state index contributed by atoms with van der Waals surface area (Å²) in [5.74, 6) is 0.608. The Kier molecular flexibility index (Phi) is 4.61. The lowest BCUT2D eigenvalue weighted by atomic mass is 10.2. The van der Waals surface area contributed by atoms with Crippen molar-refractivity contribution in [2.75, 3.05) is 19.8 Å². The molecule has 1 heterocycles. The van der Waals surface area contributed by atoms with Crippen molar-refractivity contribution in [2.24, 2.45) is 0 Å². The molecule has 3 rings (SSSR count). The molecule has 120 valence electrons. The van der Waals surface area contributed by atoms with Gasteiger partial charge in [-0.1, -0.05) is 18.2 Å². The zero-order valence-corrected chi connectivity index (χ0v) is 12.4. The molecule has 0 saturated heterocycles. The quantitative estimate of drug-likeness (QED) is 0.919. The number of para-hydroxylation sites is 1. The number of halogens is 1. The molecule has 0 spiro atoms. The van der Waals surface area contributed by atoms with Crippen LogP contribution in [0, 0.1) is 5.82 Å². The Hall–Kier alpha value is -2.76. The number of ether oxygens (including phenoxy) is 3. The Balaban J connectivity index is 1.50. The van der Waals surface area contributed by atoms with Gasteiger partial charge in [0.05, 0.1) is 0 Å². The van der Waals surface area contributed by atoms with Crippen LogP contribution in [0.4, 0.5) is 4.39 Å². The fourth-order valence-electron chi connectivity index (χ4n) is 2.15. The summed E-state index contributed by atoms with van der Waals surface area (Å²) in [6, 6.07) is 11.4. The molecule has 2 aromatic carbocycles. The second-order valence-corrected chi connectivity index (χ2v) is 4.97. The molecule has 1 aliphatic rings. The van der Waals surface area contributed by atoms with Crippen LogP contribution in [-0.4, -0.2) is 25.7 Å². The summed E-state index contributed by atoms with van der Waals surface area (Å²) in [4.78, 5) is 11.8. The molecule has 0 fully saturated rings. The lowest BCUT2D eigenvalue weighted by Gasteiger charge is -2.19. The Morgan fingerprint density at radius 1 is 1.13 bits per heavy atom. The highest BCUT2D eigenvalue weighted by molar-refractivity contribution is 5.77. The topological polar surface area (TPSA) is 56.8 Å². The Morgan fingerprint density at radius 2 is 1.91 bits per heavy atom. The molecular weight excluding hydrogens is 301 g/mol. The largest absolute Gasteiger partial charge is 0.486 e. The van der Waals surface area contributed by atoms with Crippen LogP contribution < -0.4 is 19.5 Å². The van der Waals surface area contributed by atoms with Crippen LogP contribution in [0.5, 0.6) is 17.2 Å². The first kappa shape index (κ1) is 15.1. The third-order valence-electron chi connectivity index (χ3n) is 3.29. The number of amides is 1. The van der Waals surface area contributed by atoms with Crippen LogP contribution in [0.1, 0.15) is 5.56 Å². The summed E-state index contributed by atoms with van der Waals surface area (Å²) in [5, 5.41) is 2.71. The van der Waals surface area contributed by atoms with Crippen LogP contribution in [-0.2, 0) is 11.3 Å². The minimum absolute atomic E-state index is 0.0574. The number of fused-ring (bicyclic) bond motifs is 1. The van der Waals surface area contributed by atoms with E-state index in [9.17, 15) is 9.18 Å². The standard InChI is InChI=1S/C17H16FNO4/c18-13-3-1-2-4-14(13)23-11-17(20)19-10-12-5-6-15-16(9-12)22-8-7-21-15/h1-6,9H,7-8,10-11H2,(H,19,20). The molecular formula is C17H16FNO4. The Labute approximate surface area is 133 Å². The first-order valence-electron chi connectivity index (χ1n) is 7.25. The van der Waals surface area contributed by atoms with E-state index in [-0.39, 0.29) is 18.3 Å². The molecule has 2 aromatic rings. The van der Waals surface area contributed by atoms with E-state index in [4.69, 9.17) is 14.2 Å². The highest BCUT2D eigenvalue weighted by atomic mass is 19.1. The maximum atomic E-state index is 13.4. The second kappa shape index (κ2) is 7.00. The van der Waals surface area contributed by atoms with Gasteiger partial charge in [0.1, 0.15) is 13.2 Å². The van der Waals surface area contributed by atoms with Gasteiger partial charge in [-0.15, -0.1) is 0 Å². The predicted molar refractivity (Wildman–Crippen MR) is 81.2 cm³/mol. The summed E-state index contributed by atoms with van der Waals surface area (Å²) < 4.78 is 29.4. The third kappa shape index (κ3) is 3.91. The number of carbonyl (C=O) groups is 1. The third-order valence-corrected chi connectivity index (χ3v) is 3.29. The molecule has 1 N–H and O–H groups in total. The van der Waals surface area contributed by atoms with Gasteiger partial charge in [-0.2, -0.15) is 0 Å². The van der Waals surface area contributed by atoms with E-state index in [1.165, 1.54) is 12.1 Å². The van der Waals surface area contributed by atoms with Gasteiger partial charge >= 0.3 is 0 Å². The van der Waals surface area contributed by atoms with Crippen LogP contribution in [0.25, 0.3) is 0 Å². The number of nitrogens with one attached hydrogen (secondary N) is 1. The second-order valence-electron chi connectivity index (χ2n) is 4.97. The molecule has 6 heteroatoms. The van der Waals surface area contributed by atoms with Gasteiger partial charge in [-0.25, -0.2) is 4.39 Å². The summed E-state index contributed by atoms with van der Waals surface area (Å²) >= 11 is 0. The van der Waals surface area contributed by atoms with Gasteiger partial charge < -0.3 is 19.5 Å². The van der Waals surface area contributed by atoms with E-state index in [0.29, 0.717) is 31.3 Å². The molecule has 0 atom stereocenters. The fraction of sp³-hybridized carbons (Fsp3) is 0.235. The van der Waals surface area contributed by atoms with Crippen LogP contribution in [0.15, 0.2) is 42.5 Å². The van der Waals surface area contributed by atoms with Crippen molar-refractivity contribution in [3.8, 4) is 17.2 Å². The zero-order valence-electron chi connectivity index (χ0n) is 12.4. The number of benzene rings is 2. The molecule has 0 aromatic heterocycles. The molecule has 0 radical (unpaired) electrons. The molecule has 1 amide bonds. The molecule has 0 aliphatic carbocycles. The van der Waals surface area contributed by atoms with Gasteiger partial charge in [0.15, 0.2) is 29.7 Å². The molecule has 1 aliphatic heterocycles. The van der Waals surface area contributed by atoms with Crippen LogP contribution in [0.2, 0.25) is 0 Å². The van der Waals surface area contributed by atoms with E-state index < -0.39 is 5.82 Å². The van der Waals surface area contributed by atoms with E-state index in [2.05, 4.69) is 5.32 Å². The van der Waals surface area contributed by atoms with Gasteiger partial charge in [-0.05, 0) is 29.8 Å². The lowest BCUT2D eigenvalue weighted by Crippen LogP contribution is -2.28. The zero-order chi connectivity index (χ0) is 16.1. The molecule has 23 heavy (non-hydrogen) atoms. The molecule has 0 bridgehead atoms. The van der Waals surface area contributed by atoms with E-state index in [0.717, 1.165) is 5.56 Å². The van der Waals surface area contributed by atoms with E-state index in [1.54, 1.807) is 12.1 Å². The van der Waals surface area contributed by atoms with Crippen LogP contribution in [0.3, 0.4) is 0 Å². The Bertz CT molecular complexity index is 705. The molecule has 0 unspecified atom stereocenters. The van der Waals surface area contributed by atoms with Crippen molar-refractivity contribution in [1.82, 2.24) is 5.32 Å². The van der Waals surface area contributed by atoms with Gasteiger partial charge in [0, 0.05) is 6.54 Å². The highest BCUT2D eigenvalue weighted by Crippen LogP contribution is 2.30. The van der Waals surface area contributed by atoms with Gasteiger partial charge in [0.2, 0.25) is 0 Å². The summed E-state index contributed by atoms with van der Waals surface area (Å²) in [6.07, 6.45) is 0. The van der Waals surface area contributed by atoms with Gasteiger partial charge in [-0.3, -0.25) is 4.79 Å². The Morgan fingerprint density at radius 3 is 2.74 bits per heavy atom. The average Bonchev–Trinajstić information content (AvgIpc) is 2.59. The van der Waals surface area contributed by atoms with Crippen LogP contribution >= 0.6 is 0 Å². The van der Waals surface area contributed by atoms with Gasteiger partial charge in [0.25, 0.3) is 5.91 Å². The van der Waals surface area contributed by atoms with Crippen molar-refractivity contribution >= 4 is 5.91 Å². The first-order chi connectivity index (χ1) is 11.2. The fourth-order valence-corrected chi connectivity index (χ4v) is 2.15. The number of hydrogen-bond donors (Lipinski definition) is 1. The maximum absolute atomic E-state index is 13.4. The molecule has 0 saturated carbocycles. The normalized spacial score (nSPS) is 12.6. The van der Waals surface area contributed by atoms with Crippen molar-refractivity contribution in [1.29, 1.82) is 0 Å². The highest BCUT2D eigenvalue weighted by Gasteiger charge is 2.12. The number of rotatable bonds is 5. The smallest absolute Gasteiger partial charge is 0.258 e. The monoisotopic (exact) mass is 317 g/mol. The van der Waals surface area contributed by atoms with Crippen molar-refractivity contribution in [3.05, 3.63) is 53.8 Å². The lowest BCUT2D eigenvalue weighted by molar-refractivity contribution is -0.123. The van der Waals surface area contributed by atoms with E-state index >= 15 is 0 Å².